The summed E-state index contributed by atoms with van der Waals surface area (Å²) in [7, 11) is 0. The van der Waals surface area contributed by atoms with Gasteiger partial charge in [-0.3, -0.25) is 9.89 Å². The molecule has 27 heavy (non-hydrogen) atoms. The van der Waals surface area contributed by atoms with Gasteiger partial charge in [0.2, 0.25) is 0 Å². The predicted octanol–water partition coefficient (Wildman–Crippen LogP) is 2.84. The Balaban J connectivity index is 0.00000261. The molecule has 0 bridgehead atoms. The van der Waals surface area contributed by atoms with Gasteiger partial charge in [-0.2, -0.15) is 0 Å². The van der Waals surface area contributed by atoms with E-state index in [1.165, 1.54) is 23.1 Å². The smallest absolute Gasteiger partial charge is 0.193 e. The number of hydrogen-bond donors (Lipinski definition) is 1. The normalized spacial score (nSPS) is 21.2. The number of morpholine rings is 1. The number of aryl methyl sites for hydroxylation is 2. The monoisotopic (exact) mass is 486 g/mol. The van der Waals surface area contributed by atoms with E-state index in [1.807, 2.05) is 0 Å². The van der Waals surface area contributed by atoms with E-state index in [0.717, 1.165) is 64.9 Å². The molecule has 2 fully saturated rings. The quantitative estimate of drug-likeness (QED) is 0.395. The fraction of sp³-hybridized carbons (Fsp3) is 0.667. The van der Waals surface area contributed by atoms with E-state index < -0.39 is 0 Å². The Morgan fingerprint density at radius 2 is 2.00 bits per heavy atom. The summed E-state index contributed by atoms with van der Waals surface area (Å²) >= 11 is 0. The molecule has 2 aliphatic heterocycles. The number of halogens is 1. The number of nitrogens with zero attached hydrogens (tertiary/aromatic N) is 3. The summed E-state index contributed by atoms with van der Waals surface area (Å²) in [6, 6.07) is 7.35. The van der Waals surface area contributed by atoms with Crippen LogP contribution in [0.5, 0.6) is 0 Å². The highest BCUT2D eigenvalue weighted by Crippen LogP contribution is 2.17. The van der Waals surface area contributed by atoms with Gasteiger partial charge in [0.25, 0.3) is 0 Å². The van der Waals surface area contributed by atoms with Crippen LogP contribution < -0.4 is 5.32 Å². The number of ether oxygens (including phenoxy) is 1. The lowest BCUT2D eigenvalue weighted by Crippen LogP contribution is -2.46. The first-order valence-corrected chi connectivity index (χ1v) is 10.1. The minimum absolute atomic E-state index is 0. The minimum atomic E-state index is 0. The summed E-state index contributed by atoms with van der Waals surface area (Å²) < 4.78 is 5.49. The highest BCUT2D eigenvalue weighted by atomic mass is 127. The number of guanidine groups is 1. The Hall–Kier alpha value is -0.860. The molecule has 0 spiro atoms. The van der Waals surface area contributed by atoms with Crippen molar-refractivity contribution in [1.82, 2.24) is 15.1 Å². The van der Waals surface area contributed by atoms with Gasteiger partial charge in [0.1, 0.15) is 0 Å². The van der Waals surface area contributed by atoms with Crippen LogP contribution in [0.4, 0.5) is 0 Å². The van der Waals surface area contributed by atoms with Gasteiger partial charge in [-0.25, -0.2) is 0 Å². The molecule has 0 aromatic heterocycles. The molecule has 1 aromatic rings. The van der Waals surface area contributed by atoms with Gasteiger partial charge in [-0.1, -0.05) is 23.8 Å². The second-order valence-electron chi connectivity index (χ2n) is 7.45. The number of nitrogens with one attached hydrogen (secondary N) is 1. The van der Waals surface area contributed by atoms with E-state index in [-0.39, 0.29) is 24.0 Å². The highest BCUT2D eigenvalue weighted by Gasteiger charge is 2.30. The molecule has 1 unspecified atom stereocenters. The number of aliphatic imine (C=N–C) groups is 1. The Labute approximate surface area is 181 Å². The largest absolute Gasteiger partial charge is 0.379 e. The van der Waals surface area contributed by atoms with Gasteiger partial charge in [0, 0.05) is 45.3 Å². The molecule has 0 amide bonds. The van der Waals surface area contributed by atoms with Gasteiger partial charge in [0.15, 0.2) is 5.96 Å². The van der Waals surface area contributed by atoms with Gasteiger partial charge in [-0.15, -0.1) is 24.0 Å². The zero-order chi connectivity index (χ0) is 18.4. The Morgan fingerprint density at radius 1 is 1.22 bits per heavy atom. The molecular formula is C21H35IN4O. The second kappa shape index (κ2) is 11.2. The molecule has 6 heteroatoms. The van der Waals surface area contributed by atoms with Crippen LogP contribution >= 0.6 is 24.0 Å². The summed E-state index contributed by atoms with van der Waals surface area (Å²) in [5.41, 5.74) is 4.11. The zero-order valence-electron chi connectivity index (χ0n) is 17.0. The van der Waals surface area contributed by atoms with Crippen molar-refractivity contribution in [3.8, 4) is 0 Å². The van der Waals surface area contributed by atoms with Gasteiger partial charge >= 0.3 is 0 Å². The van der Waals surface area contributed by atoms with Gasteiger partial charge < -0.3 is 15.0 Å². The van der Waals surface area contributed by atoms with E-state index in [4.69, 9.17) is 9.73 Å². The van der Waals surface area contributed by atoms with Crippen molar-refractivity contribution in [1.29, 1.82) is 0 Å². The van der Waals surface area contributed by atoms with Crippen LogP contribution in [0.25, 0.3) is 0 Å². The average Bonchev–Trinajstić information content (AvgIpc) is 3.13. The average molecular weight is 486 g/mol. The highest BCUT2D eigenvalue weighted by molar-refractivity contribution is 14.0. The number of rotatable bonds is 5. The first kappa shape index (κ1) is 22.4. The van der Waals surface area contributed by atoms with Crippen LogP contribution in [0.15, 0.2) is 23.2 Å². The maximum Gasteiger partial charge on any atom is 0.193 e. The van der Waals surface area contributed by atoms with E-state index in [0.29, 0.717) is 6.04 Å². The SMILES string of the molecule is CCNC(=NCCc1ccc(C)cc1C)N1CCC(N2CCOCC2)C1.I. The fourth-order valence-corrected chi connectivity index (χ4v) is 4.01. The molecule has 0 radical (unpaired) electrons. The molecule has 152 valence electrons. The van der Waals surface area contributed by atoms with E-state index in [9.17, 15) is 0 Å². The minimum Gasteiger partial charge on any atom is -0.379 e. The lowest BCUT2D eigenvalue weighted by atomic mass is 10.0. The van der Waals surface area contributed by atoms with Crippen LogP contribution in [0.1, 0.15) is 30.0 Å². The lowest BCUT2D eigenvalue weighted by molar-refractivity contribution is 0.0195. The molecule has 5 nitrogen and oxygen atoms in total. The maximum atomic E-state index is 5.49. The number of hydrogen-bond acceptors (Lipinski definition) is 3. The summed E-state index contributed by atoms with van der Waals surface area (Å²) in [6.07, 6.45) is 2.23. The maximum absolute atomic E-state index is 5.49. The Kier molecular flexibility index (Phi) is 9.32. The van der Waals surface area contributed by atoms with Crippen molar-refractivity contribution in [3.05, 3.63) is 34.9 Å². The Morgan fingerprint density at radius 3 is 2.70 bits per heavy atom. The third-order valence-corrected chi connectivity index (χ3v) is 5.50. The van der Waals surface area contributed by atoms with Crippen LogP contribution in [0.2, 0.25) is 0 Å². The standard InChI is InChI=1S/C21H34N4O.HI/c1-4-22-21(23-9-7-19-6-5-17(2)15-18(19)3)25-10-8-20(16-25)24-11-13-26-14-12-24;/h5-6,15,20H,4,7-14,16H2,1-3H3,(H,22,23);1H. The predicted molar refractivity (Wildman–Crippen MR) is 123 cm³/mol. The molecule has 1 atom stereocenters. The van der Waals surface area contributed by atoms with Crippen molar-refractivity contribution in [2.45, 2.75) is 39.7 Å². The summed E-state index contributed by atoms with van der Waals surface area (Å²) in [6.45, 7) is 14.3. The van der Waals surface area contributed by atoms with Crippen molar-refractivity contribution in [2.24, 2.45) is 4.99 Å². The van der Waals surface area contributed by atoms with Crippen LogP contribution in [-0.4, -0.2) is 74.3 Å². The first-order valence-electron chi connectivity index (χ1n) is 10.1. The molecule has 2 heterocycles. The van der Waals surface area contributed by atoms with Crippen LogP contribution in [0, 0.1) is 13.8 Å². The summed E-state index contributed by atoms with van der Waals surface area (Å²) in [4.78, 5) is 9.94. The molecule has 3 rings (SSSR count). The summed E-state index contributed by atoms with van der Waals surface area (Å²) in [5.74, 6) is 1.08. The topological polar surface area (TPSA) is 40.1 Å². The van der Waals surface area contributed by atoms with E-state index >= 15 is 0 Å². The molecule has 0 saturated carbocycles. The summed E-state index contributed by atoms with van der Waals surface area (Å²) in [5, 5.41) is 3.49. The fourth-order valence-electron chi connectivity index (χ4n) is 4.01. The molecule has 1 aromatic carbocycles. The number of likely N-dealkylation sites (tertiary alicyclic amines) is 1. The molecule has 2 saturated heterocycles. The molecule has 0 aliphatic carbocycles. The Bertz CT molecular complexity index is 616. The van der Waals surface area contributed by atoms with Crippen LogP contribution in [-0.2, 0) is 11.2 Å². The molecule has 1 N–H and O–H groups in total. The van der Waals surface area contributed by atoms with E-state index in [2.05, 4.69) is 54.1 Å². The van der Waals surface area contributed by atoms with Crippen LogP contribution in [0.3, 0.4) is 0 Å². The molecule has 2 aliphatic rings. The first-order chi connectivity index (χ1) is 12.7. The van der Waals surface area contributed by atoms with Crippen molar-refractivity contribution < 1.29 is 4.74 Å². The third kappa shape index (κ3) is 6.32. The zero-order valence-corrected chi connectivity index (χ0v) is 19.4. The lowest BCUT2D eigenvalue weighted by Gasteiger charge is -2.32. The van der Waals surface area contributed by atoms with Crippen molar-refractivity contribution in [2.75, 3.05) is 52.5 Å². The second-order valence-corrected chi connectivity index (χ2v) is 7.45. The third-order valence-electron chi connectivity index (χ3n) is 5.50. The van der Waals surface area contributed by atoms with Crippen molar-refractivity contribution in [3.63, 3.8) is 0 Å². The molecular weight excluding hydrogens is 451 g/mol. The van der Waals surface area contributed by atoms with Gasteiger partial charge in [-0.05, 0) is 44.7 Å². The van der Waals surface area contributed by atoms with E-state index in [1.54, 1.807) is 0 Å². The number of benzene rings is 1. The van der Waals surface area contributed by atoms with Crippen molar-refractivity contribution >= 4 is 29.9 Å². The van der Waals surface area contributed by atoms with Gasteiger partial charge in [0.05, 0.1) is 13.2 Å².